The second-order valence-corrected chi connectivity index (χ2v) is 7.84. The van der Waals surface area contributed by atoms with E-state index in [0.717, 1.165) is 18.0 Å². The van der Waals surface area contributed by atoms with E-state index < -0.39 is 0 Å². The van der Waals surface area contributed by atoms with Crippen molar-refractivity contribution < 1.29 is 5.11 Å². The topological polar surface area (TPSA) is 23.5 Å². The van der Waals surface area contributed by atoms with Crippen LogP contribution in [0.3, 0.4) is 0 Å². The minimum Gasteiger partial charge on any atom is -0.508 e. The summed E-state index contributed by atoms with van der Waals surface area (Å²) in [5.74, 6) is 0.233. The first-order valence-electron chi connectivity index (χ1n) is 6.76. The molecule has 0 unspecified atom stereocenters. The quantitative estimate of drug-likeness (QED) is 0.875. The molecule has 4 heteroatoms. The standard InChI is InChI=1S/C15H22ClNOS/c1-15(2,3)17-8-6-12(7-9-17)19-14-5-4-11(18)10-13(14)16/h4-5,10,12,18H,6-9H2,1-3H3. The van der Waals surface area contributed by atoms with E-state index in [1.807, 2.05) is 17.8 Å². The van der Waals surface area contributed by atoms with Crippen molar-refractivity contribution in [3.63, 3.8) is 0 Å². The Morgan fingerprint density at radius 3 is 2.42 bits per heavy atom. The number of rotatable bonds is 2. The number of halogens is 1. The largest absolute Gasteiger partial charge is 0.508 e. The molecule has 1 aliphatic heterocycles. The SMILES string of the molecule is CC(C)(C)N1CCC(Sc2ccc(O)cc2Cl)CC1. The number of phenolic OH excluding ortho intramolecular Hbond substituents is 1. The highest BCUT2D eigenvalue weighted by molar-refractivity contribution is 8.00. The Labute approximate surface area is 125 Å². The highest BCUT2D eigenvalue weighted by atomic mass is 35.5. The first-order chi connectivity index (χ1) is 8.86. The molecule has 19 heavy (non-hydrogen) atoms. The number of hydrogen-bond acceptors (Lipinski definition) is 3. The average molecular weight is 300 g/mol. The van der Waals surface area contributed by atoms with Gasteiger partial charge in [0.05, 0.1) is 5.02 Å². The molecule has 1 aromatic carbocycles. The molecule has 0 aliphatic carbocycles. The lowest BCUT2D eigenvalue weighted by atomic mass is 10.0. The Bertz CT molecular complexity index is 436. The number of nitrogens with zero attached hydrogens (tertiary/aromatic N) is 1. The molecule has 0 spiro atoms. The predicted octanol–water partition coefficient (Wildman–Crippen LogP) is 4.40. The van der Waals surface area contributed by atoms with Crippen molar-refractivity contribution in [2.75, 3.05) is 13.1 Å². The summed E-state index contributed by atoms with van der Waals surface area (Å²) in [5, 5.41) is 10.6. The van der Waals surface area contributed by atoms with E-state index >= 15 is 0 Å². The maximum absolute atomic E-state index is 9.37. The van der Waals surface area contributed by atoms with Crippen molar-refractivity contribution in [1.82, 2.24) is 4.90 Å². The van der Waals surface area contributed by atoms with Gasteiger partial charge in [0, 0.05) is 15.7 Å². The number of phenols is 1. The minimum absolute atomic E-state index is 0.233. The summed E-state index contributed by atoms with van der Waals surface area (Å²) in [6.07, 6.45) is 2.39. The smallest absolute Gasteiger partial charge is 0.117 e. The fourth-order valence-electron chi connectivity index (χ4n) is 2.41. The maximum atomic E-state index is 9.37. The van der Waals surface area contributed by atoms with E-state index in [1.165, 1.54) is 12.8 Å². The van der Waals surface area contributed by atoms with Crippen LogP contribution in [0.5, 0.6) is 5.75 Å². The average Bonchev–Trinajstić information content (AvgIpc) is 2.32. The summed E-state index contributed by atoms with van der Waals surface area (Å²) in [4.78, 5) is 3.62. The van der Waals surface area contributed by atoms with Crippen LogP contribution in [-0.4, -0.2) is 33.9 Å². The number of piperidine rings is 1. The molecule has 0 amide bonds. The van der Waals surface area contributed by atoms with Crippen LogP contribution in [0.2, 0.25) is 5.02 Å². The van der Waals surface area contributed by atoms with Crippen molar-refractivity contribution >= 4 is 23.4 Å². The molecule has 0 aromatic heterocycles. The molecule has 2 rings (SSSR count). The van der Waals surface area contributed by atoms with Gasteiger partial charge in [-0.05, 0) is 64.9 Å². The summed E-state index contributed by atoms with van der Waals surface area (Å²) < 4.78 is 0. The summed E-state index contributed by atoms with van der Waals surface area (Å²) in [6.45, 7) is 9.12. The first-order valence-corrected chi connectivity index (χ1v) is 8.02. The molecular weight excluding hydrogens is 278 g/mol. The normalized spacial score (nSPS) is 18.7. The van der Waals surface area contributed by atoms with Gasteiger partial charge in [0.2, 0.25) is 0 Å². The zero-order valence-electron chi connectivity index (χ0n) is 11.8. The summed E-state index contributed by atoms with van der Waals surface area (Å²) in [5.41, 5.74) is 0.270. The number of hydrogen-bond donors (Lipinski definition) is 1. The van der Waals surface area contributed by atoms with E-state index in [-0.39, 0.29) is 11.3 Å². The van der Waals surface area contributed by atoms with Crippen molar-refractivity contribution in [2.24, 2.45) is 0 Å². The van der Waals surface area contributed by atoms with Crippen LogP contribution in [0.1, 0.15) is 33.6 Å². The Morgan fingerprint density at radius 1 is 1.26 bits per heavy atom. The van der Waals surface area contributed by atoms with Crippen molar-refractivity contribution in [2.45, 2.75) is 49.3 Å². The summed E-state index contributed by atoms with van der Waals surface area (Å²) in [7, 11) is 0. The minimum atomic E-state index is 0.233. The van der Waals surface area contributed by atoms with Gasteiger partial charge in [-0.2, -0.15) is 0 Å². The van der Waals surface area contributed by atoms with Gasteiger partial charge in [0.15, 0.2) is 0 Å². The Kier molecular flexibility index (Phi) is 4.70. The van der Waals surface area contributed by atoms with Crippen LogP contribution in [0.4, 0.5) is 0 Å². The van der Waals surface area contributed by atoms with E-state index in [2.05, 4.69) is 25.7 Å². The van der Waals surface area contributed by atoms with Gasteiger partial charge in [-0.3, -0.25) is 4.90 Å². The molecule has 0 radical (unpaired) electrons. The zero-order valence-corrected chi connectivity index (χ0v) is 13.4. The monoisotopic (exact) mass is 299 g/mol. The summed E-state index contributed by atoms with van der Waals surface area (Å²) in [6, 6.07) is 5.24. The van der Waals surface area contributed by atoms with E-state index in [9.17, 15) is 5.11 Å². The third-order valence-electron chi connectivity index (χ3n) is 3.60. The van der Waals surface area contributed by atoms with E-state index in [4.69, 9.17) is 11.6 Å². The van der Waals surface area contributed by atoms with Gasteiger partial charge in [-0.15, -0.1) is 11.8 Å². The lowest BCUT2D eigenvalue weighted by molar-refractivity contribution is 0.113. The third kappa shape index (κ3) is 4.04. The molecule has 106 valence electrons. The number of likely N-dealkylation sites (tertiary alicyclic amines) is 1. The van der Waals surface area contributed by atoms with Crippen LogP contribution in [0.25, 0.3) is 0 Å². The molecule has 1 heterocycles. The molecular formula is C15H22ClNOS. The van der Waals surface area contributed by atoms with Crippen LogP contribution < -0.4 is 0 Å². The molecule has 1 N–H and O–H groups in total. The van der Waals surface area contributed by atoms with Gasteiger partial charge in [-0.25, -0.2) is 0 Å². The van der Waals surface area contributed by atoms with Crippen LogP contribution in [0, 0.1) is 0 Å². The number of aromatic hydroxyl groups is 1. The Hall–Kier alpha value is -0.380. The molecule has 0 saturated carbocycles. The molecule has 1 aliphatic rings. The van der Waals surface area contributed by atoms with E-state index in [0.29, 0.717) is 10.3 Å². The zero-order chi connectivity index (χ0) is 14.0. The van der Waals surface area contributed by atoms with Crippen molar-refractivity contribution in [3.8, 4) is 5.75 Å². The van der Waals surface area contributed by atoms with E-state index in [1.54, 1.807) is 12.1 Å². The van der Waals surface area contributed by atoms with Crippen molar-refractivity contribution in [1.29, 1.82) is 0 Å². The molecule has 1 saturated heterocycles. The number of benzene rings is 1. The fraction of sp³-hybridized carbons (Fsp3) is 0.600. The molecule has 0 bridgehead atoms. The van der Waals surface area contributed by atoms with Crippen LogP contribution >= 0.6 is 23.4 Å². The second kappa shape index (κ2) is 5.94. The Morgan fingerprint density at radius 2 is 1.89 bits per heavy atom. The van der Waals surface area contributed by atoms with Gasteiger partial charge in [0.1, 0.15) is 5.75 Å². The van der Waals surface area contributed by atoms with Gasteiger partial charge in [-0.1, -0.05) is 11.6 Å². The molecule has 0 atom stereocenters. The van der Waals surface area contributed by atoms with Gasteiger partial charge >= 0.3 is 0 Å². The lowest BCUT2D eigenvalue weighted by Crippen LogP contribution is -2.46. The molecule has 1 aromatic rings. The lowest BCUT2D eigenvalue weighted by Gasteiger charge is -2.40. The number of thioether (sulfide) groups is 1. The molecule has 1 fully saturated rings. The second-order valence-electron chi connectivity index (χ2n) is 6.09. The first kappa shape index (κ1) is 15.0. The van der Waals surface area contributed by atoms with Crippen molar-refractivity contribution in [3.05, 3.63) is 23.2 Å². The van der Waals surface area contributed by atoms with Gasteiger partial charge in [0.25, 0.3) is 0 Å². The maximum Gasteiger partial charge on any atom is 0.117 e. The molecule has 2 nitrogen and oxygen atoms in total. The highest BCUT2D eigenvalue weighted by Gasteiger charge is 2.27. The third-order valence-corrected chi connectivity index (χ3v) is 5.44. The highest BCUT2D eigenvalue weighted by Crippen LogP contribution is 2.37. The fourth-order valence-corrected chi connectivity index (χ4v) is 3.84. The predicted molar refractivity (Wildman–Crippen MR) is 83.3 cm³/mol. The van der Waals surface area contributed by atoms with Crippen LogP contribution in [0.15, 0.2) is 23.1 Å². The summed E-state index contributed by atoms with van der Waals surface area (Å²) >= 11 is 8.00. The van der Waals surface area contributed by atoms with Crippen LogP contribution in [-0.2, 0) is 0 Å². The Balaban J connectivity index is 1.92. The van der Waals surface area contributed by atoms with Gasteiger partial charge < -0.3 is 5.11 Å².